The minimum Gasteiger partial charge on any atom is -0.311 e. The first-order valence-corrected chi connectivity index (χ1v) is 10.8. The lowest BCUT2D eigenvalue weighted by Crippen LogP contribution is -2.33. The van der Waals surface area contributed by atoms with Gasteiger partial charge in [0.05, 0.1) is 18.2 Å². The number of hydrogen-bond donors (Lipinski definition) is 0. The van der Waals surface area contributed by atoms with Gasteiger partial charge in [-0.15, -0.1) is 10.2 Å². The topological polar surface area (TPSA) is 74.8 Å². The number of hydrogen-bond acceptors (Lipinski definition) is 5. The van der Waals surface area contributed by atoms with Crippen LogP contribution in [0.5, 0.6) is 0 Å². The number of aromatic nitrogens is 3. The number of nitriles is 1. The maximum atomic E-state index is 13.0. The van der Waals surface area contributed by atoms with E-state index in [0.717, 1.165) is 22.4 Å². The molecule has 154 valence electrons. The number of amides is 1. The molecule has 3 aromatic rings. The zero-order valence-electron chi connectivity index (χ0n) is 17.1. The molecule has 8 heteroatoms. The van der Waals surface area contributed by atoms with Crippen LogP contribution in [-0.2, 0) is 11.8 Å². The van der Waals surface area contributed by atoms with Gasteiger partial charge in [0, 0.05) is 29.9 Å². The number of halogens is 1. The Morgan fingerprint density at radius 1 is 1.17 bits per heavy atom. The van der Waals surface area contributed by atoms with Crippen LogP contribution in [0.15, 0.2) is 47.6 Å². The summed E-state index contributed by atoms with van der Waals surface area (Å²) < 4.78 is 1.86. The van der Waals surface area contributed by atoms with Crippen molar-refractivity contribution in [2.75, 3.05) is 17.2 Å². The Kier molecular flexibility index (Phi) is 7.14. The van der Waals surface area contributed by atoms with Crippen LogP contribution in [0.2, 0.25) is 5.02 Å². The van der Waals surface area contributed by atoms with Crippen LogP contribution in [0.4, 0.5) is 5.69 Å². The lowest BCUT2D eigenvalue weighted by atomic mass is 10.1. The Hall–Kier alpha value is -2.82. The first-order valence-electron chi connectivity index (χ1n) is 9.43. The van der Waals surface area contributed by atoms with E-state index in [0.29, 0.717) is 22.5 Å². The molecule has 3 rings (SSSR count). The second-order valence-corrected chi connectivity index (χ2v) is 8.26. The number of rotatable bonds is 7. The van der Waals surface area contributed by atoms with Crippen LogP contribution in [0, 0.1) is 25.2 Å². The van der Waals surface area contributed by atoms with Crippen LogP contribution in [0.25, 0.3) is 11.4 Å². The Bertz CT molecular complexity index is 1090. The van der Waals surface area contributed by atoms with Gasteiger partial charge in [0.15, 0.2) is 11.0 Å². The first-order chi connectivity index (χ1) is 14.4. The predicted molar refractivity (Wildman–Crippen MR) is 121 cm³/mol. The molecule has 0 atom stereocenters. The number of aryl methyl sites for hydroxylation is 2. The molecule has 1 amide bonds. The first kappa shape index (κ1) is 21.9. The fourth-order valence-corrected chi connectivity index (χ4v) is 3.86. The molecular formula is C22H22ClN5OS. The molecule has 0 bridgehead atoms. The predicted octanol–water partition coefficient (Wildman–Crippen LogP) is 4.79. The summed E-state index contributed by atoms with van der Waals surface area (Å²) in [5.74, 6) is 0.831. The molecule has 0 aliphatic heterocycles. The van der Waals surface area contributed by atoms with Crippen LogP contribution in [0.3, 0.4) is 0 Å². The molecule has 0 radical (unpaired) electrons. The summed E-state index contributed by atoms with van der Waals surface area (Å²) >= 11 is 7.28. The monoisotopic (exact) mass is 439 g/mol. The smallest absolute Gasteiger partial charge is 0.237 e. The van der Waals surface area contributed by atoms with Crippen LogP contribution < -0.4 is 4.90 Å². The SMILES string of the molecule is Cc1ccc(N(CCC#N)C(=O)CSc2nnc(-c3ccc(Cl)cc3)n2C)cc1C. The second kappa shape index (κ2) is 9.79. The van der Waals surface area contributed by atoms with Gasteiger partial charge in [0.2, 0.25) is 5.91 Å². The van der Waals surface area contributed by atoms with Crippen molar-refractivity contribution in [3.63, 3.8) is 0 Å². The van der Waals surface area contributed by atoms with Gasteiger partial charge in [0.25, 0.3) is 0 Å². The molecule has 1 heterocycles. The van der Waals surface area contributed by atoms with Gasteiger partial charge in [-0.2, -0.15) is 5.26 Å². The van der Waals surface area contributed by atoms with Crippen molar-refractivity contribution in [2.45, 2.75) is 25.4 Å². The van der Waals surface area contributed by atoms with Crippen LogP contribution >= 0.6 is 23.4 Å². The Labute approximate surface area is 185 Å². The highest BCUT2D eigenvalue weighted by molar-refractivity contribution is 7.99. The van der Waals surface area contributed by atoms with Crippen molar-refractivity contribution in [2.24, 2.45) is 7.05 Å². The molecule has 0 aliphatic rings. The molecule has 1 aromatic heterocycles. The number of carbonyl (C=O) groups excluding carboxylic acids is 1. The molecule has 0 spiro atoms. The third kappa shape index (κ3) is 5.02. The normalized spacial score (nSPS) is 10.6. The maximum Gasteiger partial charge on any atom is 0.237 e. The quantitative estimate of drug-likeness (QED) is 0.494. The fraction of sp³-hybridized carbons (Fsp3) is 0.273. The average Bonchev–Trinajstić information content (AvgIpc) is 3.10. The summed E-state index contributed by atoms with van der Waals surface area (Å²) in [5.41, 5.74) is 3.97. The van der Waals surface area contributed by atoms with Crippen molar-refractivity contribution in [1.82, 2.24) is 14.8 Å². The minimum absolute atomic E-state index is 0.0745. The standard InChI is InChI=1S/C22H22ClN5OS/c1-15-5-10-19(13-16(15)2)28(12-4-11-24)20(29)14-30-22-26-25-21(27(22)3)17-6-8-18(23)9-7-17/h5-10,13H,4,12,14H2,1-3H3. The van der Waals surface area contributed by atoms with Gasteiger partial charge in [-0.25, -0.2) is 0 Å². The lowest BCUT2D eigenvalue weighted by molar-refractivity contribution is -0.116. The Morgan fingerprint density at radius 3 is 2.57 bits per heavy atom. The van der Waals surface area contributed by atoms with Crippen LogP contribution in [0.1, 0.15) is 17.5 Å². The van der Waals surface area contributed by atoms with Crippen LogP contribution in [-0.4, -0.2) is 33.0 Å². The van der Waals surface area contributed by atoms with Crippen molar-refractivity contribution < 1.29 is 4.79 Å². The molecule has 0 fully saturated rings. The summed E-state index contributed by atoms with van der Waals surface area (Å²) in [4.78, 5) is 14.6. The summed E-state index contributed by atoms with van der Waals surface area (Å²) in [7, 11) is 1.87. The van der Waals surface area contributed by atoms with E-state index in [9.17, 15) is 4.79 Å². The van der Waals surface area contributed by atoms with E-state index in [4.69, 9.17) is 16.9 Å². The summed E-state index contributed by atoms with van der Waals surface area (Å²) in [6.07, 6.45) is 0.272. The third-order valence-corrected chi connectivity index (χ3v) is 6.07. The number of thioether (sulfide) groups is 1. The van der Waals surface area contributed by atoms with E-state index in [1.165, 1.54) is 11.8 Å². The highest BCUT2D eigenvalue weighted by Crippen LogP contribution is 2.25. The zero-order valence-corrected chi connectivity index (χ0v) is 18.7. The molecule has 0 unspecified atom stereocenters. The van der Waals surface area contributed by atoms with Gasteiger partial charge in [0.1, 0.15) is 0 Å². The van der Waals surface area contributed by atoms with Gasteiger partial charge in [-0.1, -0.05) is 29.4 Å². The molecular weight excluding hydrogens is 418 g/mol. The van der Waals surface area contributed by atoms with E-state index < -0.39 is 0 Å². The largest absolute Gasteiger partial charge is 0.311 e. The minimum atomic E-state index is -0.0745. The Balaban J connectivity index is 1.74. The lowest BCUT2D eigenvalue weighted by Gasteiger charge is -2.22. The molecule has 2 aromatic carbocycles. The second-order valence-electron chi connectivity index (χ2n) is 6.88. The number of benzene rings is 2. The summed E-state index contributed by atoms with van der Waals surface area (Å²) in [5, 5.41) is 18.8. The number of nitrogens with zero attached hydrogens (tertiary/aromatic N) is 5. The highest BCUT2D eigenvalue weighted by Gasteiger charge is 2.19. The molecule has 0 saturated carbocycles. The zero-order chi connectivity index (χ0) is 21.7. The molecule has 30 heavy (non-hydrogen) atoms. The van der Waals surface area contributed by atoms with Gasteiger partial charge in [-0.05, 0) is 61.4 Å². The fourth-order valence-electron chi connectivity index (χ4n) is 2.95. The van der Waals surface area contributed by atoms with E-state index in [-0.39, 0.29) is 18.1 Å². The van der Waals surface area contributed by atoms with Gasteiger partial charge in [-0.3, -0.25) is 4.79 Å². The van der Waals surface area contributed by atoms with Crippen molar-refractivity contribution in [1.29, 1.82) is 5.26 Å². The average molecular weight is 440 g/mol. The van der Waals surface area contributed by atoms with E-state index >= 15 is 0 Å². The third-order valence-electron chi connectivity index (χ3n) is 4.81. The molecule has 0 aliphatic carbocycles. The van der Waals surface area contributed by atoms with Crippen molar-refractivity contribution in [3.05, 3.63) is 58.6 Å². The number of carbonyl (C=O) groups is 1. The van der Waals surface area contributed by atoms with E-state index in [1.807, 2.05) is 55.8 Å². The van der Waals surface area contributed by atoms with Gasteiger partial charge >= 0.3 is 0 Å². The number of anilines is 1. The highest BCUT2D eigenvalue weighted by atomic mass is 35.5. The molecule has 0 saturated heterocycles. The van der Waals surface area contributed by atoms with Gasteiger partial charge < -0.3 is 9.47 Å². The summed E-state index contributed by atoms with van der Waals surface area (Å²) in [6, 6.07) is 15.4. The van der Waals surface area contributed by atoms with Crippen molar-refractivity contribution in [3.8, 4) is 17.5 Å². The maximum absolute atomic E-state index is 13.0. The summed E-state index contributed by atoms with van der Waals surface area (Å²) in [6.45, 7) is 4.40. The Morgan fingerprint density at radius 2 is 1.90 bits per heavy atom. The van der Waals surface area contributed by atoms with E-state index in [1.54, 1.807) is 17.0 Å². The van der Waals surface area contributed by atoms with E-state index in [2.05, 4.69) is 16.3 Å². The molecule has 0 N–H and O–H groups in total. The molecule has 6 nitrogen and oxygen atoms in total. The van der Waals surface area contributed by atoms with Crippen molar-refractivity contribution >= 4 is 35.0 Å².